The molecule has 1 N–H and O–H groups in total. The number of benzene rings is 1. The van der Waals surface area contributed by atoms with Gasteiger partial charge in [-0.2, -0.15) is 34.8 Å². The standard InChI is InChI=1S/C13H10B2F6O5S/c14-4-7-1-2-9(8(3-7)5-15)10(22)26-11(12(16,17)18,13(19,20)21)6-27(23,24)25/h1-3H,4-6H2,(H,23,24,25). The van der Waals surface area contributed by atoms with Crippen molar-refractivity contribution >= 4 is 31.8 Å². The van der Waals surface area contributed by atoms with E-state index in [1.54, 1.807) is 0 Å². The Kier molecular flexibility index (Phi) is 6.69. The van der Waals surface area contributed by atoms with Crippen molar-refractivity contribution < 1.29 is 48.8 Å². The van der Waals surface area contributed by atoms with Crippen LogP contribution in [0.5, 0.6) is 0 Å². The summed E-state index contributed by atoms with van der Waals surface area (Å²) in [6.45, 7) is 0. The molecule has 0 fully saturated rings. The van der Waals surface area contributed by atoms with E-state index in [1.807, 2.05) is 0 Å². The average Bonchev–Trinajstić information content (AvgIpc) is 2.49. The largest absolute Gasteiger partial charge is 0.438 e. The molecule has 0 spiro atoms. The van der Waals surface area contributed by atoms with Gasteiger partial charge < -0.3 is 4.74 Å². The predicted molar refractivity (Wildman–Crippen MR) is 82.0 cm³/mol. The van der Waals surface area contributed by atoms with Crippen molar-refractivity contribution in [3.8, 4) is 0 Å². The van der Waals surface area contributed by atoms with Gasteiger partial charge in [-0.05, 0) is 11.6 Å². The summed E-state index contributed by atoms with van der Waals surface area (Å²) in [4.78, 5) is 12.0. The number of carbonyl (C=O) groups excluding carboxylic acids is 1. The summed E-state index contributed by atoms with van der Waals surface area (Å²) in [5, 5.41) is 0. The Morgan fingerprint density at radius 2 is 1.56 bits per heavy atom. The quantitative estimate of drug-likeness (QED) is 0.333. The number of esters is 1. The first-order valence-electron chi connectivity index (χ1n) is 6.92. The van der Waals surface area contributed by atoms with Crippen molar-refractivity contribution in [2.24, 2.45) is 0 Å². The summed E-state index contributed by atoms with van der Waals surface area (Å²) >= 11 is 0. The molecular formula is C13H10B2F6O5S. The SMILES string of the molecule is [B]Cc1ccc(C(=O)OC(CS(=O)(=O)O)(C(F)(F)F)C(F)(F)F)c(C[B])c1. The highest BCUT2D eigenvalue weighted by Gasteiger charge is 2.76. The zero-order chi connectivity index (χ0) is 21.3. The lowest BCUT2D eigenvalue weighted by molar-refractivity contribution is -0.356. The van der Waals surface area contributed by atoms with Crippen molar-refractivity contribution in [3.63, 3.8) is 0 Å². The first-order chi connectivity index (χ1) is 12.1. The number of alkyl halides is 6. The monoisotopic (exact) mass is 414 g/mol. The molecule has 4 radical (unpaired) electrons. The van der Waals surface area contributed by atoms with Crippen LogP contribution in [0.25, 0.3) is 0 Å². The smallest absolute Gasteiger partial charge is 0.435 e. The molecule has 0 saturated carbocycles. The van der Waals surface area contributed by atoms with Crippen LogP contribution in [-0.4, -0.2) is 58.3 Å². The van der Waals surface area contributed by atoms with E-state index in [4.69, 9.17) is 20.2 Å². The molecule has 1 aromatic carbocycles. The number of hydrogen-bond donors (Lipinski definition) is 1. The summed E-state index contributed by atoms with van der Waals surface area (Å²) < 4.78 is 113. The molecule has 0 saturated heterocycles. The van der Waals surface area contributed by atoms with Gasteiger partial charge in [-0.1, -0.05) is 30.3 Å². The van der Waals surface area contributed by atoms with E-state index < -0.39 is 51.7 Å². The lowest BCUT2D eigenvalue weighted by atomic mass is 9.88. The third-order valence-electron chi connectivity index (χ3n) is 3.41. The molecule has 1 aromatic rings. The van der Waals surface area contributed by atoms with Crippen LogP contribution in [0, 0.1) is 0 Å². The zero-order valence-electron chi connectivity index (χ0n) is 13.3. The van der Waals surface area contributed by atoms with Gasteiger partial charge in [0.05, 0.1) is 21.3 Å². The second-order valence-electron chi connectivity index (χ2n) is 5.34. The summed E-state index contributed by atoms with van der Waals surface area (Å²) in [6.07, 6.45) is -13.3. The summed E-state index contributed by atoms with van der Waals surface area (Å²) in [5.41, 5.74) is -6.03. The van der Waals surface area contributed by atoms with Crippen LogP contribution in [0.2, 0.25) is 0 Å². The van der Waals surface area contributed by atoms with Crippen molar-refractivity contribution in [3.05, 3.63) is 34.9 Å². The fourth-order valence-corrected chi connectivity index (χ4v) is 2.98. The van der Waals surface area contributed by atoms with E-state index in [1.165, 1.54) is 6.07 Å². The highest BCUT2D eigenvalue weighted by atomic mass is 32.2. The van der Waals surface area contributed by atoms with E-state index in [9.17, 15) is 39.6 Å². The van der Waals surface area contributed by atoms with Crippen molar-refractivity contribution in [1.82, 2.24) is 0 Å². The average molecular weight is 414 g/mol. The predicted octanol–water partition coefficient (Wildman–Crippen LogP) is 1.93. The Labute approximate surface area is 152 Å². The first-order valence-corrected chi connectivity index (χ1v) is 8.53. The topological polar surface area (TPSA) is 80.7 Å². The molecule has 0 heterocycles. The number of hydrogen-bond acceptors (Lipinski definition) is 4. The molecule has 1 rings (SSSR count). The second-order valence-corrected chi connectivity index (χ2v) is 6.79. The van der Waals surface area contributed by atoms with E-state index in [0.29, 0.717) is 5.56 Å². The Bertz CT molecular complexity index is 792. The molecule has 0 unspecified atom stereocenters. The van der Waals surface area contributed by atoms with Crippen LogP contribution in [0.1, 0.15) is 21.5 Å². The van der Waals surface area contributed by atoms with Crippen LogP contribution in [0.4, 0.5) is 26.3 Å². The van der Waals surface area contributed by atoms with Gasteiger partial charge in [0, 0.05) is 0 Å². The first kappa shape index (κ1) is 23.3. The molecule has 0 amide bonds. The normalized spacial score (nSPS) is 13.4. The minimum atomic E-state index is -6.41. The molecule has 146 valence electrons. The van der Waals surface area contributed by atoms with Crippen LogP contribution >= 0.6 is 0 Å². The van der Waals surface area contributed by atoms with Crippen LogP contribution in [0.15, 0.2) is 18.2 Å². The fraction of sp³-hybridized carbons (Fsp3) is 0.462. The molecule has 0 aliphatic carbocycles. The third-order valence-corrected chi connectivity index (χ3v) is 4.18. The van der Waals surface area contributed by atoms with Crippen LogP contribution < -0.4 is 0 Å². The molecule has 5 nitrogen and oxygen atoms in total. The molecule has 0 atom stereocenters. The Morgan fingerprint density at radius 1 is 1.04 bits per heavy atom. The van der Waals surface area contributed by atoms with Crippen LogP contribution in [-0.2, 0) is 27.5 Å². The molecule has 0 aromatic heterocycles. The fourth-order valence-electron chi connectivity index (χ4n) is 2.08. The molecule has 0 aliphatic heterocycles. The lowest BCUT2D eigenvalue weighted by Crippen LogP contribution is -2.63. The zero-order valence-corrected chi connectivity index (χ0v) is 14.1. The van der Waals surface area contributed by atoms with Gasteiger partial charge in [0.1, 0.15) is 5.75 Å². The van der Waals surface area contributed by atoms with Gasteiger partial charge in [0.25, 0.3) is 10.1 Å². The second kappa shape index (κ2) is 7.74. The van der Waals surface area contributed by atoms with Crippen molar-refractivity contribution in [2.75, 3.05) is 5.75 Å². The Balaban J connectivity index is 3.53. The lowest BCUT2D eigenvalue weighted by Gasteiger charge is -2.35. The van der Waals surface area contributed by atoms with Crippen molar-refractivity contribution in [2.45, 2.75) is 30.6 Å². The van der Waals surface area contributed by atoms with E-state index in [-0.39, 0.29) is 11.9 Å². The van der Waals surface area contributed by atoms with E-state index >= 15 is 0 Å². The number of carbonyl (C=O) groups is 1. The highest BCUT2D eigenvalue weighted by molar-refractivity contribution is 7.85. The van der Waals surface area contributed by atoms with Gasteiger partial charge >= 0.3 is 23.9 Å². The maximum atomic E-state index is 13.2. The highest BCUT2D eigenvalue weighted by Crippen LogP contribution is 2.47. The molecule has 0 aliphatic rings. The summed E-state index contributed by atoms with van der Waals surface area (Å²) in [6, 6.07) is 3.15. The molecule has 0 bridgehead atoms. The minimum absolute atomic E-state index is 0.0554. The van der Waals surface area contributed by atoms with E-state index in [2.05, 4.69) is 4.74 Å². The summed E-state index contributed by atoms with van der Waals surface area (Å²) in [5.74, 6) is -5.09. The Hall–Kier alpha value is -1.69. The Morgan fingerprint density at radius 3 is 1.93 bits per heavy atom. The van der Waals surface area contributed by atoms with Gasteiger partial charge in [-0.25, -0.2) is 4.79 Å². The maximum Gasteiger partial charge on any atom is 0.438 e. The number of halogens is 6. The number of rotatable bonds is 6. The van der Waals surface area contributed by atoms with Gasteiger partial charge in [-0.3, -0.25) is 4.55 Å². The van der Waals surface area contributed by atoms with Crippen molar-refractivity contribution in [1.29, 1.82) is 0 Å². The summed E-state index contributed by atoms with van der Waals surface area (Å²) in [7, 11) is 4.80. The van der Waals surface area contributed by atoms with Gasteiger partial charge in [0.2, 0.25) is 0 Å². The van der Waals surface area contributed by atoms with Gasteiger partial charge in [-0.15, -0.1) is 0 Å². The molecule has 14 heteroatoms. The number of ether oxygens (including phenoxy) is 1. The maximum absolute atomic E-state index is 13.2. The van der Waals surface area contributed by atoms with Crippen LogP contribution in [0.3, 0.4) is 0 Å². The molecule has 27 heavy (non-hydrogen) atoms. The minimum Gasteiger partial charge on any atom is -0.435 e. The molecular weight excluding hydrogens is 404 g/mol. The van der Waals surface area contributed by atoms with E-state index in [0.717, 1.165) is 12.1 Å². The third kappa shape index (κ3) is 5.18. The van der Waals surface area contributed by atoms with Gasteiger partial charge in [0.15, 0.2) is 0 Å².